The molecule has 0 atom stereocenters. The van der Waals surface area contributed by atoms with Crippen molar-refractivity contribution in [3.8, 4) is 34.1 Å². The molecular formula is C26H14As2F6O2. The molecule has 4 aromatic carbocycles. The predicted molar refractivity (Wildman–Crippen MR) is 126 cm³/mol. The Hall–Kier alpha value is -2.82. The maximum absolute atomic E-state index is 13.8. The van der Waals surface area contributed by atoms with E-state index >= 15 is 0 Å². The van der Waals surface area contributed by atoms with E-state index < -0.39 is 35.0 Å². The van der Waals surface area contributed by atoms with Gasteiger partial charge in [-0.05, 0) is 0 Å². The first-order valence-corrected chi connectivity index (χ1v) is 12.2. The van der Waals surface area contributed by atoms with E-state index in [0.29, 0.717) is 19.8 Å². The first-order chi connectivity index (χ1) is 16.9. The number of benzene rings is 4. The van der Waals surface area contributed by atoms with E-state index in [0.717, 1.165) is 24.3 Å². The van der Waals surface area contributed by atoms with Crippen LogP contribution >= 0.6 is 0 Å². The fourth-order valence-electron chi connectivity index (χ4n) is 3.43. The van der Waals surface area contributed by atoms with Crippen molar-refractivity contribution in [2.24, 2.45) is 0 Å². The second-order valence-corrected chi connectivity index (χ2v) is 9.73. The molecule has 0 spiro atoms. The quantitative estimate of drug-likeness (QED) is 0.186. The Bertz CT molecular complexity index is 1390. The van der Waals surface area contributed by atoms with E-state index in [-0.39, 0.29) is 11.5 Å². The Morgan fingerprint density at radius 2 is 1.06 bits per heavy atom. The van der Waals surface area contributed by atoms with Gasteiger partial charge in [0.15, 0.2) is 0 Å². The second-order valence-electron chi connectivity index (χ2n) is 7.56. The third kappa shape index (κ3) is 5.93. The predicted octanol–water partition coefficient (Wildman–Crippen LogP) is 6.56. The van der Waals surface area contributed by atoms with Gasteiger partial charge in [-0.15, -0.1) is 0 Å². The van der Waals surface area contributed by atoms with Crippen LogP contribution in [0.15, 0.2) is 84.9 Å². The van der Waals surface area contributed by atoms with Crippen LogP contribution in [-0.2, 0) is 12.4 Å². The van der Waals surface area contributed by atoms with E-state index in [1.165, 1.54) is 24.3 Å². The first-order valence-electron chi connectivity index (χ1n) is 10.3. The van der Waals surface area contributed by atoms with Crippen LogP contribution in [0.25, 0.3) is 11.1 Å². The summed E-state index contributed by atoms with van der Waals surface area (Å²) in [6.45, 7) is 0. The van der Waals surface area contributed by atoms with Crippen molar-refractivity contribution >= 4 is 42.4 Å². The average Bonchev–Trinajstić information content (AvgIpc) is 2.81. The van der Waals surface area contributed by atoms with Gasteiger partial charge in [-0.1, -0.05) is 0 Å². The second kappa shape index (κ2) is 10.3. The van der Waals surface area contributed by atoms with Crippen molar-refractivity contribution in [2.45, 2.75) is 12.4 Å². The van der Waals surface area contributed by atoms with Crippen LogP contribution in [0.5, 0.6) is 23.0 Å². The maximum atomic E-state index is 13.8. The van der Waals surface area contributed by atoms with Crippen LogP contribution < -0.4 is 18.2 Å². The number of para-hydroxylation sites is 1. The normalized spacial score (nSPS) is 11.9. The molecule has 36 heavy (non-hydrogen) atoms. The molecule has 0 aliphatic carbocycles. The SMILES string of the molecule is FC(F)(F)c1cc([As])ccc1Oc1cccc(-c2ccccc2)c1Oc1ccc([As])cc1C(F)(F)F. The zero-order valence-corrected chi connectivity index (χ0v) is 21.8. The molecular weight excluding hydrogens is 608 g/mol. The van der Waals surface area contributed by atoms with Crippen LogP contribution in [-0.4, -0.2) is 33.7 Å². The van der Waals surface area contributed by atoms with Gasteiger partial charge in [-0.2, -0.15) is 0 Å². The summed E-state index contributed by atoms with van der Waals surface area (Å²) in [5.74, 6) is -1.35. The molecule has 0 fully saturated rings. The number of halogens is 6. The van der Waals surface area contributed by atoms with E-state index in [2.05, 4.69) is 0 Å². The van der Waals surface area contributed by atoms with Crippen LogP contribution in [0.4, 0.5) is 26.3 Å². The summed E-state index contributed by atoms with van der Waals surface area (Å²) in [4.78, 5) is 0. The van der Waals surface area contributed by atoms with Crippen molar-refractivity contribution in [3.63, 3.8) is 0 Å². The Morgan fingerprint density at radius 1 is 0.528 bits per heavy atom. The summed E-state index contributed by atoms with van der Waals surface area (Å²) >= 11 is 4.03. The molecule has 10 heteroatoms. The summed E-state index contributed by atoms with van der Waals surface area (Å²) in [7, 11) is 0. The number of alkyl halides is 6. The molecule has 0 bridgehead atoms. The van der Waals surface area contributed by atoms with E-state index in [4.69, 9.17) is 9.47 Å². The molecule has 182 valence electrons. The van der Waals surface area contributed by atoms with Crippen LogP contribution in [0.1, 0.15) is 11.1 Å². The van der Waals surface area contributed by atoms with E-state index in [1.807, 2.05) is 33.7 Å². The number of ether oxygens (including phenoxy) is 2. The molecule has 4 rings (SSSR count). The molecule has 0 unspecified atom stereocenters. The average molecular weight is 622 g/mol. The van der Waals surface area contributed by atoms with Gasteiger partial charge in [0.25, 0.3) is 0 Å². The molecule has 4 aromatic rings. The van der Waals surface area contributed by atoms with Crippen LogP contribution in [0.3, 0.4) is 0 Å². The molecule has 0 heterocycles. The van der Waals surface area contributed by atoms with Crippen molar-refractivity contribution in [3.05, 3.63) is 96.1 Å². The standard InChI is InChI=1S/C26H14As2F6O2/c27-16-9-11-21(19(13-16)25(29,30)31)35-23-8-4-7-18(15-5-2-1-3-6-15)24(23)36-22-12-10-17(28)14-20(22)26(32,33)34/h1-14H. The molecule has 0 saturated heterocycles. The third-order valence-corrected chi connectivity index (χ3v) is 6.20. The van der Waals surface area contributed by atoms with Gasteiger partial charge in [0.05, 0.1) is 0 Å². The van der Waals surface area contributed by atoms with Gasteiger partial charge in [-0.25, -0.2) is 0 Å². The van der Waals surface area contributed by atoms with Crippen LogP contribution in [0, 0.1) is 0 Å². The first kappa shape index (κ1) is 26.2. The summed E-state index contributed by atoms with van der Waals surface area (Å²) in [6, 6.07) is 20.1. The minimum absolute atomic E-state index is 0.156. The summed E-state index contributed by atoms with van der Waals surface area (Å²) in [5, 5.41) is 0. The van der Waals surface area contributed by atoms with E-state index in [9.17, 15) is 26.3 Å². The fourth-order valence-corrected chi connectivity index (χ4v) is 4.29. The molecule has 4 radical (unpaired) electrons. The van der Waals surface area contributed by atoms with Crippen molar-refractivity contribution in [1.29, 1.82) is 0 Å². The zero-order chi connectivity index (χ0) is 26.1. The Balaban J connectivity index is 1.90. The Morgan fingerprint density at radius 3 is 1.58 bits per heavy atom. The van der Waals surface area contributed by atoms with Crippen molar-refractivity contribution < 1.29 is 35.8 Å². The van der Waals surface area contributed by atoms with Gasteiger partial charge in [-0.3, -0.25) is 0 Å². The molecule has 0 aromatic heterocycles. The van der Waals surface area contributed by atoms with Gasteiger partial charge in [0.1, 0.15) is 0 Å². The monoisotopic (exact) mass is 622 g/mol. The van der Waals surface area contributed by atoms with Gasteiger partial charge in [0.2, 0.25) is 0 Å². The number of hydrogen-bond acceptors (Lipinski definition) is 2. The summed E-state index contributed by atoms with van der Waals surface area (Å²) in [6.07, 6.45) is -9.45. The van der Waals surface area contributed by atoms with Gasteiger partial charge in [0, 0.05) is 0 Å². The van der Waals surface area contributed by atoms with Crippen molar-refractivity contribution in [1.82, 2.24) is 0 Å². The molecule has 0 N–H and O–H groups in total. The van der Waals surface area contributed by atoms with Gasteiger partial charge < -0.3 is 0 Å². The molecule has 0 aliphatic rings. The molecule has 0 aliphatic heterocycles. The number of hydrogen-bond donors (Lipinski definition) is 0. The molecule has 0 saturated carbocycles. The Labute approximate surface area is 220 Å². The van der Waals surface area contributed by atoms with Crippen molar-refractivity contribution in [2.75, 3.05) is 0 Å². The molecule has 2 nitrogen and oxygen atoms in total. The van der Waals surface area contributed by atoms with Crippen LogP contribution in [0.2, 0.25) is 0 Å². The van der Waals surface area contributed by atoms with E-state index in [1.54, 1.807) is 36.4 Å². The molecule has 0 amide bonds. The topological polar surface area (TPSA) is 18.5 Å². The van der Waals surface area contributed by atoms with Gasteiger partial charge >= 0.3 is 221 Å². The zero-order valence-electron chi connectivity index (χ0n) is 18.1. The fraction of sp³-hybridized carbons (Fsp3) is 0.0769. The number of rotatable bonds is 5. The summed E-state index contributed by atoms with van der Waals surface area (Å²) < 4.78 is 94.5. The summed E-state index contributed by atoms with van der Waals surface area (Å²) in [5.41, 5.74) is -1.14. The minimum atomic E-state index is -4.73. The third-order valence-electron chi connectivity index (χ3n) is 5.03. The Kier molecular flexibility index (Phi) is 7.49.